The summed E-state index contributed by atoms with van der Waals surface area (Å²) in [7, 11) is 4.29. The minimum Gasteiger partial charge on any atom is -0.480 e. The van der Waals surface area contributed by atoms with Crippen LogP contribution in [0.2, 0.25) is 37.7 Å². The molecule has 1 amide bonds. The first-order valence-electron chi connectivity index (χ1n) is 12.6. The molecule has 4 aromatic rings. The quantitative estimate of drug-likeness (QED) is 0.124. The van der Waals surface area contributed by atoms with Crippen LogP contribution in [0.1, 0.15) is 20.7 Å². The van der Waals surface area contributed by atoms with Crippen LogP contribution in [0.15, 0.2) is 61.2 Å². The molecular weight excluding hydrogens is 669 g/mol. The van der Waals surface area contributed by atoms with Gasteiger partial charge in [-0.05, 0) is 36.4 Å². The maximum absolute atomic E-state index is 12.0. The van der Waals surface area contributed by atoms with E-state index in [0.29, 0.717) is 28.7 Å². The van der Waals surface area contributed by atoms with Gasteiger partial charge < -0.3 is 25.3 Å². The number of halogens is 4. The van der Waals surface area contributed by atoms with Gasteiger partial charge in [-0.1, -0.05) is 46.4 Å². The Morgan fingerprint density at radius 1 is 0.773 bits per heavy atom. The Balaban J connectivity index is 0.000000332. The normalized spacial score (nSPS) is 9.41. The Bertz CT molecular complexity index is 1510. The maximum Gasteiger partial charge on any atom is 0.339 e. The minimum atomic E-state index is -0.485. The van der Waals surface area contributed by atoms with Crippen molar-refractivity contribution in [3.8, 4) is 11.8 Å². The zero-order valence-electron chi connectivity index (χ0n) is 24.8. The summed E-state index contributed by atoms with van der Waals surface area (Å²) >= 11 is 22.5. The van der Waals surface area contributed by atoms with Gasteiger partial charge >= 0.3 is 5.97 Å². The molecule has 0 bridgehead atoms. The molecule has 234 valence electrons. The van der Waals surface area contributed by atoms with Gasteiger partial charge in [0.15, 0.2) is 0 Å². The fourth-order valence-electron chi connectivity index (χ4n) is 2.61. The highest BCUT2D eigenvalue weighted by Gasteiger charge is 2.12. The summed E-state index contributed by atoms with van der Waals surface area (Å²) in [6.45, 7) is 0. The SMILES string of the molecule is COC(=O)c1cnc(Cl)c(Cl)c1.COc1ncccc1N.COc1ncccc1NC(=O)c1cnc(Cl)c(Cl)c1.[CH3][Al]([CH3])[CH3]. The zero-order chi connectivity index (χ0) is 33.2. The molecule has 4 rings (SSSR count). The van der Waals surface area contributed by atoms with Gasteiger partial charge in [0, 0.05) is 24.8 Å². The molecule has 0 spiro atoms. The van der Waals surface area contributed by atoms with Crippen molar-refractivity contribution in [2.75, 3.05) is 32.4 Å². The second kappa shape index (κ2) is 20.6. The van der Waals surface area contributed by atoms with E-state index in [2.05, 4.69) is 47.3 Å². The second-order valence-electron chi connectivity index (χ2n) is 8.83. The average Bonchev–Trinajstić information content (AvgIpc) is 3.00. The van der Waals surface area contributed by atoms with Crippen LogP contribution in [0, 0.1) is 0 Å². The Labute approximate surface area is 280 Å². The molecular formula is C28H31AlCl4N6O5. The number of nitrogens with one attached hydrogen (secondary N) is 1. The Kier molecular flexibility index (Phi) is 18.1. The second-order valence-corrected chi connectivity index (χ2v) is 13.8. The fourth-order valence-corrected chi connectivity index (χ4v) is 3.15. The van der Waals surface area contributed by atoms with Crippen molar-refractivity contribution in [1.29, 1.82) is 0 Å². The standard InChI is InChI=1S/C12H9Cl2N3O2.C7H5Cl2NO2.C6H8N2O.3CH3.Al/c1-19-12-9(3-2-4-15-12)17-11(18)7-5-8(13)10(14)16-6-7;1-12-7(11)4-2-5(8)6(9)10-3-4;1-9-6-5(7)3-2-4-8-6;;;;/h2-6H,1H3,(H,17,18);2-3H,1H3;2-4H,7H2,1H3;3*1H3;. The van der Waals surface area contributed by atoms with Crippen LogP contribution in [0.5, 0.6) is 11.8 Å². The van der Waals surface area contributed by atoms with Gasteiger partial charge in [-0.2, -0.15) is 0 Å². The molecule has 0 aromatic carbocycles. The number of carbonyl (C=O) groups excluding carboxylic acids is 2. The molecule has 0 unspecified atom stereocenters. The summed E-state index contributed by atoms with van der Waals surface area (Å²) in [6, 6.07) is 9.71. The van der Waals surface area contributed by atoms with E-state index in [1.165, 1.54) is 38.7 Å². The van der Waals surface area contributed by atoms with Crippen molar-refractivity contribution in [3.63, 3.8) is 0 Å². The summed E-state index contributed by atoms with van der Waals surface area (Å²) in [5.41, 5.74) is 7.05. The Morgan fingerprint density at radius 2 is 1.25 bits per heavy atom. The zero-order valence-corrected chi connectivity index (χ0v) is 28.9. The van der Waals surface area contributed by atoms with Crippen molar-refractivity contribution in [3.05, 3.63) is 92.7 Å². The predicted octanol–water partition coefficient (Wildman–Crippen LogP) is 7.26. The number of ether oxygens (including phenoxy) is 3. The molecule has 0 saturated heterocycles. The largest absolute Gasteiger partial charge is 0.480 e. The van der Waals surface area contributed by atoms with Crippen molar-refractivity contribution in [2.24, 2.45) is 0 Å². The van der Waals surface area contributed by atoms with Crippen LogP contribution in [0.25, 0.3) is 0 Å². The Morgan fingerprint density at radius 3 is 1.70 bits per heavy atom. The third-order valence-corrected chi connectivity index (χ3v) is 5.85. The number of anilines is 2. The molecule has 4 heterocycles. The van der Waals surface area contributed by atoms with Gasteiger partial charge in [-0.15, -0.1) is 17.4 Å². The van der Waals surface area contributed by atoms with E-state index in [4.69, 9.17) is 61.6 Å². The van der Waals surface area contributed by atoms with Crippen molar-refractivity contribution >= 4 is 83.8 Å². The highest BCUT2D eigenvalue weighted by Crippen LogP contribution is 2.23. The third kappa shape index (κ3) is 13.9. The van der Waals surface area contributed by atoms with Crippen LogP contribution < -0.4 is 20.5 Å². The highest BCUT2D eigenvalue weighted by atomic mass is 35.5. The maximum atomic E-state index is 12.0. The van der Waals surface area contributed by atoms with Crippen LogP contribution in [0.4, 0.5) is 11.4 Å². The van der Waals surface area contributed by atoms with E-state index < -0.39 is 5.97 Å². The predicted molar refractivity (Wildman–Crippen MR) is 177 cm³/mol. The number of hydrogen-bond donors (Lipinski definition) is 2. The number of esters is 1. The monoisotopic (exact) mass is 698 g/mol. The lowest BCUT2D eigenvalue weighted by Crippen LogP contribution is -2.13. The molecule has 44 heavy (non-hydrogen) atoms. The molecule has 0 aliphatic rings. The van der Waals surface area contributed by atoms with Gasteiger partial charge in [0.05, 0.1) is 48.2 Å². The Hall–Kier alpha value is -3.37. The molecule has 3 N–H and O–H groups in total. The number of rotatable bonds is 5. The molecule has 0 fully saturated rings. The summed E-state index contributed by atoms with van der Waals surface area (Å²) < 4.78 is 14.3. The van der Waals surface area contributed by atoms with E-state index in [1.807, 2.05) is 0 Å². The van der Waals surface area contributed by atoms with Gasteiger partial charge in [-0.3, -0.25) is 4.79 Å². The number of carbonyl (C=O) groups is 2. The molecule has 0 saturated carbocycles. The molecule has 0 aliphatic heterocycles. The summed E-state index contributed by atoms with van der Waals surface area (Å²) in [5, 5.41) is 3.43. The highest BCUT2D eigenvalue weighted by molar-refractivity contribution is 6.54. The van der Waals surface area contributed by atoms with Crippen LogP contribution in [0.3, 0.4) is 0 Å². The number of amides is 1. The topological polar surface area (TPSA) is 151 Å². The van der Waals surface area contributed by atoms with E-state index in [0.717, 1.165) is 0 Å². The van der Waals surface area contributed by atoms with Crippen molar-refractivity contribution in [1.82, 2.24) is 19.9 Å². The smallest absolute Gasteiger partial charge is 0.339 e. The number of nitrogen functional groups attached to an aromatic ring is 1. The number of pyridine rings is 4. The van der Waals surface area contributed by atoms with Crippen LogP contribution in [-0.4, -0.2) is 67.3 Å². The van der Waals surface area contributed by atoms with E-state index in [1.54, 1.807) is 43.8 Å². The first-order chi connectivity index (χ1) is 20.8. The van der Waals surface area contributed by atoms with Crippen LogP contribution in [-0.2, 0) is 4.74 Å². The van der Waals surface area contributed by atoms with Crippen molar-refractivity contribution in [2.45, 2.75) is 17.4 Å². The average molecular weight is 700 g/mol. The molecule has 11 nitrogen and oxygen atoms in total. The molecule has 4 aromatic heterocycles. The number of hydrogen-bond acceptors (Lipinski definition) is 10. The van der Waals surface area contributed by atoms with Gasteiger partial charge in [0.1, 0.15) is 16.0 Å². The van der Waals surface area contributed by atoms with E-state index in [-0.39, 0.29) is 46.0 Å². The number of nitrogens with zero attached hydrogens (tertiary/aromatic N) is 4. The minimum absolute atomic E-state index is 0.139. The number of nitrogens with two attached hydrogens (primary N) is 1. The summed E-state index contributed by atoms with van der Waals surface area (Å²) in [5.74, 6) is 6.86. The van der Waals surface area contributed by atoms with Gasteiger partial charge in [0.2, 0.25) is 11.8 Å². The lowest BCUT2D eigenvalue weighted by molar-refractivity contribution is 0.0600. The summed E-state index contributed by atoms with van der Waals surface area (Å²) in [6.07, 6.45) is 5.84. The molecule has 0 radical (unpaired) electrons. The van der Waals surface area contributed by atoms with Crippen molar-refractivity contribution < 1.29 is 23.8 Å². The van der Waals surface area contributed by atoms with E-state index in [9.17, 15) is 9.59 Å². The third-order valence-electron chi connectivity index (χ3n) is 4.48. The summed E-state index contributed by atoms with van der Waals surface area (Å²) in [4.78, 5) is 38.2. The molecule has 16 heteroatoms. The van der Waals surface area contributed by atoms with E-state index >= 15 is 0 Å². The number of methoxy groups -OCH3 is 3. The van der Waals surface area contributed by atoms with Gasteiger partial charge in [-0.25, -0.2) is 24.7 Å². The molecule has 0 atom stereocenters. The molecule has 0 aliphatic carbocycles. The number of aromatic nitrogens is 4. The van der Waals surface area contributed by atoms with Crippen LogP contribution >= 0.6 is 46.4 Å². The lowest BCUT2D eigenvalue weighted by Gasteiger charge is -2.08. The lowest BCUT2D eigenvalue weighted by atomic mass is 10.2. The van der Waals surface area contributed by atoms with Gasteiger partial charge in [0.25, 0.3) is 20.1 Å². The fraction of sp³-hybridized carbons (Fsp3) is 0.214. The first-order valence-corrected chi connectivity index (χ1v) is 17.6. The first kappa shape index (κ1) is 38.7.